The van der Waals surface area contributed by atoms with Crippen LogP contribution in [0.25, 0.3) is 11.5 Å². The van der Waals surface area contributed by atoms with E-state index in [1.165, 1.54) is 11.1 Å². The van der Waals surface area contributed by atoms with Gasteiger partial charge in [0, 0.05) is 18.2 Å². The van der Waals surface area contributed by atoms with Crippen LogP contribution in [0.1, 0.15) is 22.9 Å². The molecule has 3 aromatic carbocycles. The molecule has 0 aliphatic carbocycles. The number of oxazole rings is 1. The van der Waals surface area contributed by atoms with Crippen molar-refractivity contribution in [2.75, 3.05) is 0 Å². The van der Waals surface area contributed by atoms with Gasteiger partial charge in [0.05, 0.1) is 5.69 Å². The SMILES string of the molecule is c1ccc(CC(NCc2coc(-c3ccccc3)n2)c2ccccc2)cc1. The summed E-state index contributed by atoms with van der Waals surface area (Å²) in [5, 5.41) is 3.64. The fraction of sp³-hybridized carbons (Fsp3) is 0.125. The molecule has 4 aromatic rings. The van der Waals surface area contributed by atoms with E-state index in [1.807, 2.05) is 36.4 Å². The maximum absolute atomic E-state index is 5.66. The van der Waals surface area contributed by atoms with Crippen molar-refractivity contribution in [1.29, 1.82) is 0 Å². The molecule has 0 fully saturated rings. The minimum atomic E-state index is 0.213. The maximum Gasteiger partial charge on any atom is 0.226 e. The molecule has 0 bridgehead atoms. The quantitative estimate of drug-likeness (QED) is 0.482. The van der Waals surface area contributed by atoms with Gasteiger partial charge >= 0.3 is 0 Å². The molecule has 27 heavy (non-hydrogen) atoms. The molecule has 1 heterocycles. The number of hydrogen-bond acceptors (Lipinski definition) is 3. The summed E-state index contributed by atoms with van der Waals surface area (Å²) in [6, 6.07) is 31.3. The van der Waals surface area contributed by atoms with Gasteiger partial charge in [0.15, 0.2) is 0 Å². The number of nitrogens with one attached hydrogen (secondary N) is 1. The summed E-state index contributed by atoms with van der Waals surface area (Å²) in [4.78, 5) is 4.62. The molecule has 0 spiro atoms. The van der Waals surface area contributed by atoms with E-state index in [2.05, 4.69) is 64.9 Å². The lowest BCUT2D eigenvalue weighted by Gasteiger charge is -2.19. The minimum Gasteiger partial charge on any atom is -0.444 e. The van der Waals surface area contributed by atoms with Crippen molar-refractivity contribution in [3.8, 4) is 11.5 Å². The normalized spacial score (nSPS) is 12.0. The topological polar surface area (TPSA) is 38.1 Å². The highest BCUT2D eigenvalue weighted by atomic mass is 16.3. The monoisotopic (exact) mass is 354 g/mol. The number of hydrogen-bond donors (Lipinski definition) is 1. The Morgan fingerprint density at radius 2 is 1.41 bits per heavy atom. The number of rotatable bonds is 7. The third-order valence-electron chi connectivity index (χ3n) is 4.59. The summed E-state index contributed by atoms with van der Waals surface area (Å²) in [6.45, 7) is 0.655. The van der Waals surface area contributed by atoms with Gasteiger partial charge in [-0.1, -0.05) is 78.9 Å². The van der Waals surface area contributed by atoms with E-state index < -0.39 is 0 Å². The first-order chi connectivity index (χ1) is 13.4. The average molecular weight is 354 g/mol. The van der Waals surface area contributed by atoms with Gasteiger partial charge in [0.2, 0.25) is 5.89 Å². The Morgan fingerprint density at radius 3 is 2.11 bits per heavy atom. The molecule has 3 heteroatoms. The van der Waals surface area contributed by atoms with Gasteiger partial charge in [-0.25, -0.2) is 4.98 Å². The molecule has 0 amide bonds. The van der Waals surface area contributed by atoms with Crippen LogP contribution in [0.5, 0.6) is 0 Å². The van der Waals surface area contributed by atoms with E-state index in [4.69, 9.17) is 4.42 Å². The largest absolute Gasteiger partial charge is 0.444 e. The second kappa shape index (κ2) is 8.47. The first kappa shape index (κ1) is 17.3. The molecule has 3 nitrogen and oxygen atoms in total. The van der Waals surface area contributed by atoms with Crippen LogP contribution in [-0.4, -0.2) is 4.98 Å². The molecule has 0 saturated heterocycles. The Morgan fingerprint density at radius 1 is 0.778 bits per heavy atom. The summed E-state index contributed by atoms with van der Waals surface area (Å²) in [7, 11) is 0. The molecular formula is C24H22N2O. The highest BCUT2D eigenvalue weighted by molar-refractivity contribution is 5.52. The Balaban J connectivity index is 1.48. The molecule has 134 valence electrons. The third-order valence-corrected chi connectivity index (χ3v) is 4.59. The highest BCUT2D eigenvalue weighted by Gasteiger charge is 2.13. The van der Waals surface area contributed by atoms with Crippen LogP contribution >= 0.6 is 0 Å². The molecule has 1 aromatic heterocycles. The van der Waals surface area contributed by atoms with E-state index in [0.29, 0.717) is 12.4 Å². The minimum absolute atomic E-state index is 0.213. The molecule has 0 aliphatic heterocycles. The molecule has 1 N–H and O–H groups in total. The second-order valence-electron chi connectivity index (χ2n) is 6.54. The van der Waals surface area contributed by atoms with Gasteiger partial charge in [-0.15, -0.1) is 0 Å². The van der Waals surface area contributed by atoms with E-state index in [0.717, 1.165) is 17.7 Å². The molecule has 0 saturated carbocycles. The van der Waals surface area contributed by atoms with Crippen LogP contribution in [0.15, 0.2) is 102 Å². The van der Waals surface area contributed by atoms with Crippen molar-refractivity contribution in [3.05, 3.63) is 114 Å². The van der Waals surface area contributed by atoms with Crippen molar-refractivity contribution in [3.63, 3.8) is 0 Å². The third kappa shape index (κ3) is 4.52. The first-order valence-electron chi connectivity index (χ1n) is 9.20. The lowest BCUT2D eigenvalue weighted by molar-refractivity contribution is 0.521. The van der Waals surface area contributed by atoms with Gasteiger partial charge in [0.1, 0.15) is 6.26 Å². The van der Waals surface area contributed by atoms with Gasteiger partial charge in [-0.3, -0.25) is 0 Å². The Labute approximate surface area is 159 Å². The number of nitrogens with zero attached hydrogens (tertiary/aromatic N) is 1. The summed E-state index contributed by atoms with van der Waals surface area (Å²) in [5.74, 6) is 0.659. The Kier molecular flexibility index (Phi) is 5.42. The van der Waals surface area contributed by atoms with E-state index in [-0.39, 0.29) is 6.04 Å². The number of benzene rings is 3. The number of aromatic nitrogens is 1. The lowest BCUT2D eigenvalue weighted by atomic mass is 9.99. The van der Waals surface area contributed by atoms with Crippen LogP contribution in [0.2, 0.25) is 0 Å². The summed E-state index contributed by atoms with van der Waals surface area (Å²) in [6.07, 6.45) is 2.66. The van der Waals surface area contributed by atoms with E-state index in [9.17, 15) is 0 Å². The molecule has 0 aliphatic rings. The average Bonchev–Trinajstić information content (AvgIpc) is 3.22. The standard InChI is InChI=1S/C24H22N2O/c1-4-10-19(11-5-1)16-23(20-12-6-2-7-13-20)25-17-22-18-27-24(26-22)21-14-8-3-9-15-21/h1-15,18,23,25H,16-17H2. The summed E-state index contributed by atoms with van der Waals surface area (Å²) < 4.78 is 5.66. The predicted octanol–water partition coefficient (Wildman–Crippen LogP) is 5.42. The van der Waals surface area contributed by atoms with Gasteiger partial charge in [-0.2, -0.15) is 0 Å². The molecule has 1 unspecified atom stereocenters. The zero-order valence-electron chi connectivity index (χ0n) is 15.1. The van der Waals surface area contributed by atoms with Crippen molar-refractivity contribution in [1.82, 2.24) is 10.3 Å². The van der Waals surface area contributed by atoms with Crippen LogP contribution < -0.4 is 5.32 Å². The smallest absolute Gasteiger partial charge is 0.226 e. The van der Waals surface area contributed by atoms with Crippen molar-refractivity contribution < 1.29 is 4.42 Å². The van der Waals surface area contributed by atoms with Crippen LogP contribution in [0.3, 0.4) is 0 Å². The fourth-order valence-corrected chi connectivity index (χ4v) is 3.17. The van der Waals surface area contributed by atoms with E-state index in [1.54, 1.807) is 6.26 Å². The lowest BCUT2D eigenvalue weighted by Crippen LogP contribution is -2.23. The predicted molar refractivity (Wildman–Crippen MR) is 108 cm³/mol. The first-order valence-corrected chi connectivity index (χ1v) is 9.20. The zero-order valence-corrected chi connectivity index (χ0v) is 15.1. The van der Waals surface area contributed by atoms with Crippen molar-refractivity contribution >= 4 is 0 Å². The van der Waals surface area contributed by atoms with Crippen molar-refractivity contribution in [2.24, 2.45) is 0 Å². The maximum atomic E-state index is 5.66. The van der Waals surface area contributed by atoms with Crippen LogP contribution in [0, 0.1) is 0 Å². The zero-order chi connectivity index (χ0) is 18.3. The fourth-order valence-electron chi connectivity index (χ4n) is 3.17. The van der Waals surface area contributed by atoms with E-state index >= 15 is 0 Å². The van der Waals surface area contributed by atoms with Crippen molar-refractivity contribution in [2.45, 2.75) is 19.0 Å². The van der Waals surface area contributed by atoms with Gasteiger partial charge < -0.3 is 9.73 Å². The van der Waals surface area contributed by atoms with Gasteiger partial charge in [0.25, 0.3) is 0 Å². The molecular weight excluding hydrogens is 332 g/mol. The highest BCUT2D eigenvalue weighted by Crippen LogP contribution is 2.21. The Hall–Kier alpha value is -3.17. The molecule has 1 atom stereocenters. The van der Waals surface area contributed by atoms with Crippen LogP contribution in [-0.2, 0) is 13.0 Å². The molecule has 4 rings (SSSR count). The van der Waals surface area contributed by atoms with Gasteiger partial charge in [-0.05, 0) is 29.7 Å². The van der Waals surface area contributed by atoms with Crippen LogP contribution in [0.4, 0.5) is 0 Å². The Bertz CT molecular complexity index is 949. The summed E-state index contributed by atoms with van der Waals surface area (Å²) in [5.41, 5.74) is 4.48. The second-order valence-corrected chi connectivity index (χ2v) is 6.54. The molecule has 0 radical (unpaired) electrons. The summed E-state index contributed by atoms with van der Waals surface area (Å²) >= 11 is 0.